The predicted molar refractivity (Wildman–Crippen MR) is 76.4 cm³/mol. The second kappa shape index (κ2) is 5.71. The average molecular weight is 240 g/mol. The first-order valence-electron chi connectivity index (χ1n) is 7.16. The number of rotatable bonds is 2. The smallest absolute Gasteiger partial charge is 0.0158 e. The lowest BCUT2D eigenvalue weighted by atomic mass is 9.80. The van der Waals surface area contributed by atoms with Crippen LogP contribution in [0.4, 0.5) is 0 Å². The predicted octanol–water partition coefficient (Wildman–Crippen LogP) is 3.13. The lowest BCUT2D eigenvalue weighted by Crippen LogP contribution is -2.51. The van der Waals surface area contributed by atoms with E-state index in [2.05, 4.69) is 51.8 Å². The molecule has 0 saturated carbocycles. The molecule has 0 radical (unpaired) electrons. The van der Waals surface area contributed by atoms with Gasteiger partial charge < -0.3 is 5.32 Å². The Morgan fingerprint density at radius 1 is 1.18 bits per heavy atom. The van der Waals surface area contributed by atoms with Crippen LogP contribution in [0.25, 0.3) is 0 Å². The highest BCUT2D eigenvalue weighted by Crippen LogP contribution is 2.32. The molecule has 1 saturated heterocycles. The van der Waals surface area contributed by atoms with Crippen LogP contribution in [0.3, 0.4) is 0 Å². The number of nitrogens with zero attached hydrogens (tertiary/aromatic N) is 1. The minimum absolute atomic E-state index is 0.323. The molecule has 1 rings (SSSR count). The second-order valence-electron chi connectivity index (χ2n) is 7.66. The Hall–Kier alpha value is -0.0800. The van der Waals surface area contributed by atoms with Gasteiger partial charge in [0.15, 0.2) is 0 Å². The van der Waals surface area contributed by atoms with E-state index in [4.69, 9.17) is 0 Å². The van der Waals surface area contributed by atoms with E-state index in [0.29, 0.717) is 11.0 Å². The molecule has 1 unspecified atom stereocenters. The molecule has 0 aromatic rings. The second-order valence-corrected chi connectivity index (χ2v) is 7.66. The summed E-state index contributed by atoms with van der Waals surface area (Å²) in [6.45, 7) is 19.1. The zero-order valence-corrected chi connectivity index (χ0v) is 12.8. The van der Waals surface area contributed by atoms with Crippen molar-refractivity contribution in [1.29, 1.82) is 0 Å². The zero-order valence-electron chi connectivity index (χ0n) is 12.8. The molecule has 0 aromatic heterocycles. The van der Waals surface area contributed by atoms with Crippen molar-refractivity contribution in [2.24, 2.45) is 11.3 Å². The first-order valence-corrected chi connectivity index (χ1v) is 7.16. The Kier molecular flexibility index (Phi) is 5.03. The summed E-state index contributed by atoms with van der Waals surface area (Å²) in [6.07, 6.45) is 2.54. The van der Waals surface area contributed by atoms with Crippen LogP contribution in [0.15, 0.2) is 0 Å². The Bertz CT molecular complexity index is 228. The quantitative estimate of drug-likeness (QED) is 0.798. The van der Waals surface area contributed by atoms with Gasteiger partial charge in [0.25, 0.3) is 0 Å². The van der Waals surface area contributed by atoms with Crippen LogP contribution in [0.1, 0.15) is 54.4 Å². The molecule has 1 fully saturated rings. The lowest BCUT2D eigenvalue weighted by molar-refractivity contribution is 0.0576. The van der Waals surface area contributed by atoms with Gasteiger partial charge in [0.2, 0.25) is 0 Å². The van der Waals surface area contributed by atoms with Gasteiger partial charge in [0, 0.05) is 12.1 Å². The summed E-state index contributed by atoms with van der Waals surface area (Å²) in [5.41, 5.74) is 0.733. The van der Waals surface area contributed by atoms with Crippen molar-refractivity contribution in [3.05, 3.63) is 0 Å². The van der Waals surface area contributed by atoms with Crippen molar-refractivity contribution in [3.63, 3.8) is 0 Å². The molecule has 0 amide bonds. The summed E-state index contributed by atoms with van der Waals surface area (Å²) in [4.78, 5) is 2.71. The van der Waals surface area contributed by atoms with E-state index >= 15 is 0 Å². The minimum Gasteiger partial charge on any atom is -0.316 e. The molecule has 1 N–H and O–H groups in total. The maximum Gasteiger partial charge on any atom is 0.0158 e. The van der Waals surface area contributed by atoms with E-state index in [1.54, 1.807) is 0 Å². The van der Waals surface area contributed by atoms with E-state index in [1.807, 2.05) is 0 Å². The number of nitrogens with one attached hydrogen (secondary N) is 1. The molecule has 1 atom stereocenters. The highest BCUT2D eigenvalue weighted by Gasteiger charge is 2.32. The maximum atomic E-state index is 3.53. The molecule has 0 bridgehead atoms. The third-order valence-corrected chi connectivity index (χ3v) is 3.63. The van der Waals surface area contributed by atoms with Gasteiger partial charge in [-0.15, -0.1) is 0 Å². The van der Waals surface area contributed by atoms with E-state index in [1.165, 1.54) is 39.0 Å². The highest BCUT2D eigenvalue weighted by molar-refractivity contribution is 4.87. The van der Waals surface area contributed by atoms with E-state index in [-0.39, 0.29) is 0 Å². The fourth-order valence-corrected chi connectivity index (χ4v) is 3.23. The van der Waals surface area contributed by atoms with Gasteiger partial charge >= 0.3 is 0 Å². The molecule has 0 spiro atoms. The van der Waals surface area contributed by atoms with Gasteiger partial charge in [0.1, 0.15) is 0 Å². The molecule has 1 aliphatic rings. The summed E-state index contributed by atoms with van der Waals surface area (Å²) in [5.74, 6) is 0.759. The van der Waals surface area contributed by atoms with Crippen molar-refractivity contribution in [3.8, 4) is 0 Å². The summed E-state index contributed by atoms with van der Waals surface area (Å²) in [7, 11) is 0. The largest absolute Gasteiger partial charge is 0.316 e. The van der Waals surface area contributed by atoms with E-state index in [0.717, 1.165) is 5.92 Å². The lowest BCUT2D eigenvalue weighted by Gasteiger charge is -2.44. The Balaban J connectivity index is 2.66. The maximum absolute atomic E-state index is 3.53. The Labute approximate surface area is 108 Å². The molecule has 17 heavy (non-hydrogen) atoms. The van der Waals surface area contributed by atoms with Crippen LogP contribution in [0.2, 0.25) is 0 Å². The highest BCUT2D eigenvalue weighted by atomic mass is 15.2. The van der Waals surface area contributed by atoms with Gasteiger partial charge in [-0.3, -0.25) is 4.90 Å². The Morgan fingerprint density at radius 3 is 2.41 bits per heavy atom. The third kappa shape index (κ3) is 5.39. The molecule has 2 heteroatoms. The van der Waals surface area contributed by atoms with Crippen LogP contribution in [0.5, 0.6) is 0 Å². The van der Waals surface area contributed by atoms with Gasteiger partial charge in [-0.05, 0) is 57.7 Å². The summed E-state index contributed by atoms with van der Waals surface area (Å²) >= 11 is 0. The number of hydrogen-bond acceptors (Lipinski definition) is 2. The monoisotopic (exact) mass is 240 g/mol. The van der Waals surface area contributed by atoms with Crippen molar-refractivity contribution < 1.29 is 0 Å². The van der Waals surface area contributed by atoms with Gasteiger partial charge in [0.05, 0.1) is 0 Å². The van der Waals surface area contributed by atoms with E-state index in [9.17, 15) is 0 Å². The Morgan fingerprint density at radius 2 is 1.82 bits per heavy atom. The first-order chi connectivity index (χ1) is 7.71. The summed E-state index contributed by atoms with van der Waals surface area (Å²) in [6, 6.07) is 0. The van der Waals surface area contributed by atoms with Crippen molar-refractivity contribution >= 4 is 0 Å². The van der Waals surface area contributed by atoms with Gasteiger partial charge in [-0.1, -0.05) is 27.7 Å². The minimum atomic E-state index is 0.323. The molecular weight excluding hydrogens is 208 g/mol. The number of hydrogen-bond donors (Lipinski definition) is 1. The summed E-state index contributed by atoms with van der Waals surface area (Å²) < 4.78 is 0. The molecule has 1 heterocycles. The van der Waals surface area contributed by atoms with E-state index < -0.39 is 0 Å². The van der Waals surface area contributed by atoms with Crippen LogP contribution in [0, 0.1) is 11.3 Å². The average Bonchev–Trinajstić information content (AvgIpc) is 2.06. The van der Waals surface area contributed by atoms with Crippen molar-refractivity contribution in [2.75, 3.05) is 26.2 Å². The van der Waals surface area contributed by atoms with Gasteiger partial charge in [-0.2, -0.15) is 0 Å². The van der Waals surface area contributed by atoms with Gasteiger partial charge in [-0.25, -0.2) is 0 Å². The summed E-state index contributed by atoms with van der Waals surface area (Å²) in [5, 5.41) is 3.53. The van der Waals surface area contributed by atoms with Crippen molar-refractivity contribution in [1.82, 2.24) is 10.2 Å². The SMILES string of the molecule is CC1CNCCCN(C(C)(C)CC(C)(C)C)C1. The van der Waals surface area contributed by atoms with Crippen LogP contribution < -0.4 is 5.32 Å². The molecular formula is C15H32N2. The van der Waals surface area contributed by atoms with Crippen LogP contribution in [-0.2, 0) is 0 Å². The topological polar surface area (TPSA) is 15.3 Å². The third-order valence-electron chi connectivity index (χ3n) is 3.63. The van der Waals surface area contributed by atoms with Crippen LogP contribution >= 0.6 is 0 Å². The van der Waals surface area contributed by atoms with Crippen molar-refractivity contribution in [2.45, 2.75) is 59.9 Å². The molecule has 1 aliphatic heterocycles. The molecule has 102 valence electrons. The molecule has 2 nitrogen and oxygen atoms in total. The fourth-order valence-electron chi connectivity index (χ4n) is 3.23. The van der Waals surface area contributed by atoms with Crippen LogP contribution in [-0.4, -0.2) is 36.6 Å². The standard InChI is InChI=1S/C15H32N2/c1-13-10-16-8-7-9-17(11-13)15(5,6)12-14(2,3)4/h13,16H,7-12H2,1-6H3. The zero-order chi connectivity index (χ0) is 13.1. The molecule has 0 aromatic carbocycles. The normalized spacial score (nSPS) is 25.4. The fraction of sp³-hybridized carbons (Fsp3) is 1.00. The first kappa shape index (κ1) is 15.0. The molecule has 0 aliphatic carbocycles.